The van der Waals surface area contributed by atoms with E-state index in [1.807, 2.05) is 7.05 Å². The zero-order valence-electron chi connectivity index (χ0n) is 14.6. The molecular formula is C20H29N3O. The van der Waals surface area contributed by atoms with Gasteiger partial charge in [-0.25, -0.2) is 0 Å². The number of fused-ring (bicyclic) bond motifs is 1. The van der Waals surface area contributed by atoms with Crippen molar-refractivity contribution in [1.29, 1.82) is 0 Å². The van der Waals surface area contributed by atoms with E-state index in [0.717, 1.165) is 44.8 Å². The number of nitrogens with zero attached hydrogens (tertiary/aromatic N) is 1. The molecule has 1 atom stereocenters. The van der Waals surface area contributed by atoms with E-state index in [0.29, 0.717) is 6.04 Å². The second-order valence-electron chi connectivity index (χ2n) is 6.59. The Morgan fingerprint density at radius 3 is 2.92 bits per heavy atom. The van der Waals surface area contributed by atoms with Gasteiger partial charge >= 0.3 is 0 Å². The maximum Gasteiger partial charge on any atom is 0.191 e. The van der Waals surface area contributed by atoms with Gasteiger partial charge in [-0.1, -0.05) is 36.4 Å². The molecule has 0 amide bonds. The minimum Gasteiger partial charge on any atom is -0.373 e. The van der Waals surface area contributed by atoms with Crippen LogP contribution in [-0.2, 0) is 11.2 Å². The molecule has 2 aliphatic carbocycles. The number of aryl methyl sites for hydroxylation is 1. The van der Waals surface area contributed by atoms with Crippen LogP contribution in [0.2, 0.25) is 0 Å². The molecule has 0 fully saturated rings. The van der Waals surface area contributed by atoms with Gasteiger partial charge in [-0.05, 0) is 49.7 Å². The number of nitrogens with one attached hydrogen (secondary N) is 2. The van der Waals surface area contributed by atoms with E-state index < -0.39 is 0 Å². The van der Waals surface area contributed by atoms with Crippen molar-refractivity contribution >= 4 is 5.96 Å². The summed E-state index contributed by atoms with van der Waals surface area (Å²) in [6, 6.07) is 9.20. The lowest BCUT2D eigenvalue weighted by Gasteiger charge is -2.25. The number of hydrogen-bond donors (Lipinski definition) is 2. The lowest BCUT2D eigenvalue weighted by molar-refractivity contribution is 0.0398. The topological polar surface area (TPSA) is 45.7 Å². The minimum absolute atomic E-state index is 0.275. The predicted octanol–water partition coefficient (Wildman–Crippen LogP) is 3.35. The van der Waals surface area contributed by atoms with Gasteiger partial charge in [0.25, 0.3) is 0 Å². The molecular weight excluding hydrogens is 298 g/mol. The average molecular weight is 327 g/mol. The van der Waals surface area contributed by atoms with E-state index in [2.05, 4.69) is 52.0 Å². The van der Waals surface area contributed by atoms with Crippen molar-refractivity contribution in [2.45, 2.75) is 50.7 Å². The molecule has 2 aliphatic rings. The molecule has 1 aromatic rings. The van der Waals surface area contributed by atoms with Gasteiger partial charge in [-0.15, -0.1) is 0 Å². The second kappa shape index (κ2) is 8.88. The first kappa shape index (κ1) is 17.0. The SMILES string of the molecule is CN=C(NCCCOC1CCCc2ccccc21)NC1CC=CC1. The summed E-state index contributed by atoms with van der Waals surface area (Å²) in [5.74, 6) is 0.895. The maximum atomic E-state index is 6.15. The first-order chi connectivity index (χ1) is 11.9. The molecule has 130 valence electrons. The van der Waals surface area contributed by atoms with Crippen LogP contribution in [0.1, 0.15) is 49.3 Å². The molecule has 24 heavy (non-hydrogen) atoms. The number of guanidine groups is 1. The van der Waals surface area contributed by atoms with Crippen molar-refractivity contribution < 1.29 is 4.74 Å². The Labute approximate surface area is 145 Å². The van der Waals surface area contributed by atoms with Crippen molar-refractivity contribution in [3.8, 4) is 0 Å². The zero-order chi connectivity index (χ0) is 16.6. The van der Waals surface area contributed by atoms with E-state index in [-0.39, 0.29) is 6.10 Å². The van der Waals surface area contributed by atoms with Gasteiger partial charge < -0.3 is 15.4 Å². The van der Waals surface area contributed by atoms with Crippen LogP contribution in [0, 0.1) is 0 Å². The van der Waals surface area contributed by atoms with Crippen molar-refractivity contribution in [3.05, 3.63) is 47.5 Å². The summed E-state index contributed by atoms with van der Waals surface area (Å²) in [5, 5.41) is 6.84. The van der Waals surface area contributed by atoms with Gasteiger partial charge in [0.05, 0.1) is 6.10 Å². The Morgan fingerprint density at radius 2 is 2.08 bits per heavy atom. The number of aliphatic imine (C=N–C) groups is 1. The van der Waals surface area contributed by atoms with Gasteiger partial charge in [0.15, 0.2) is 5.96 Å². The summed E-state index contributed by atoms with van der Waals surface area (Å²) >= 11 is 0. The number of rotatable bonds is 6. The first-order valence-electron chi connectivity index (χ1n) is 9.18. The summed E-state index contributed by atoms with van der Waals surface area (Å²) < 4.78 is 6.15. The van der Waals surface area contributed by atoms with Crippen LogP contribution in [0.5, 0.6) is 0 Å². The van der Waals surface area contributed by atoms with Crippen molar-refractivity contribution in [3.63, 3.8) is 0 Å². The summed E-state index contributed by atoms with van der Waals surface area (Å²) in [6.45, 7) is 1.67. The number of benzene rings is 1. The van der Waals surface area contributed by atoms with Gasteiger partial charge in [-0.2, -0.15) is 0 Å². The van der Waals surface area contributed by atoms with Gasteiger partial charge in [0.2, 0.25) is 0 Å². The van der Waals surface area contributed by atoms with Crippen LogP contribution in [0.4, 0.5) is 0 Å². The van der Waals surface area contributed by atoms with E-state index in [4.69, 9.17) is 4.74 Å². The molecule has 4 heteroatoms. The average Bonchev–Trinajstić information content (AvgIpc) is 3.13. The van der Waals surface area contributed by atoms with Gasteiger partial charge in [0, 0.05) is 26.2 Å². The predicted molar refractivity (Wildman–Crippen MR) is 99.3 cm³/mol. The Balaban J connectivity index is 1.35. The highest BCUT2D eigenvalue weighted by atomic mass is 16.5. The van der Waals surface area contributed by atoms with Crippen LogP contribution in [0.3, 0.4) is 0 Å². The molecule has 1 aromatic carbocycles. The van der Waals surface area contributed by atoms with E-state index in [1.54, 1.807) is 0 Å². The quantitative estimate of drug-likeness (QED) is 0.364. The van der Waals surface area contributed by atoms with Gasteiger partial charge in [-0.3, -0.25) is 4.99 Å². The minimum atomic E-state index is 0.275. The molecule has 0 radical (unpaired) electrons. The summed E-state index contributed by atoms with van der Waals surface area (Å²) in [5.41, 5.74) is 2.85. The third-order valence-electron chi connectivity index (χ3n) is 4.82. The first-order valence-corrected chi connectivity index (χ1v) is 9.18. The van der Waals surface area contributed by atoms with Gasteiger partial charge in [0.1, 0.15) is 0 Å². The fourth-order valence-electron chi connectivity index (χ4n) is 3.51. The van der Waals surface area contributed by atoms with E-state index >= 15 is 0 Å². The maximum absolute atomic E-state index is 6.15. The third kappa shape index (κ3) is 4.60. The highest BCUT2D eigenvalue weighted by molar-refractivity contribution is 5.80. The monoisotopic (exact) mass is 327 g/mol. The molecule has 0 saturated carbocycles. The highest BCUT2D eigenvalue weighted by Crippen LogP contribution is 2.32. The second-order valence-corrected chi connectivity index (χ2v) is 6.59. The van der Waals surface area contributed by atoms with E-state index in [1.165, 1.54) is 24.0 Å². The lowest BCUT2D eigenvalue weighted by Crippen LogP contribution is -2.42. The Kier molecular flexibility index (Phi) is 6.30. The Bertz CT molecular complexity index is 574. The largest absolute Gasteiger partial charge is 0.373 e. The van der Waals surface area contributed by atoms with Crippen molar-refractivity contribution in [2.24, 2.45) is 4.99 Å². The van der Waals surface area contributed by atoms with Crippen LogP contribution < -0.4 is 10.6 Å². The summed E-state index contributed by atoms with van der Waals surface area (Å²) in [6.07, 6.45) is 11.4. The fourth-order valence-corrected chi connectivity index (χ4v) is 3.51. The zero-order valence-corrected chi connectivity index (χ0v) is 14.6. The van der Waals surface area contributed by atoms with Crippen LogP contribution in [-0.4, -0.2) is 32.2 Å². The smallest absolute Gasteiger partial charge is 0.191 e. The Morgan fingerprint density at radius 1 is 1.25 bits per heavy atom. The molecule has 0 heterocycles. The molecule has 0 aliphatic heterocycles. The number of ether oxygens (including phenoxy) is 1. The molecule has 0 aromatic heterocycles. The third-order valence-corrected chi connectivity index (χ3v) is 4.82. The normalized spacial score (nSPS) is 20.9. The van der Waals surface area contributed by atoms with Crippen molar-refractivity contribution in [1.82, 2.24) is 10.6 Å². The molecule has 1 unspecified atom stereocenters. The summed E-state index contributed by atoms with van der Waals surface area (Å²) in [4.78, 5) is 4.29. The molecule has 2 N–H and O–H groups in total. The number of hydrogen-bond acceptors (Lipinski definition) is 2. The standard InChI is InChI=1S/C20H29N3O/c1-21-20(23-17-10-3-4-11-17)22-14-7-15-24-19-13-6-9-16-8-2-5-12-18(16)19/h2-5,8,12,17,19H,6-7,9-11,13-15H2,1H3,(H2,21,22,23). The molecule has 0 bridgehead atoms. The van der Waals surface area contributed by atoms with Crippen LogP contribution in [0.25, 0.3) is 0 Å². The highest BCUT2D eigenvalue weighted by Gasteiger charge is 2.19. The van der Waals surface area contributed by atoms with Crippen LogP contribution in [0.15, 0.2) is 41.4 Å². The Hall–Kier alpha value is -1.81. The van der Waals surface area contributed by atoms with Crippen LogP contribution >= 0.6 is 0 Å². The lowest BCUT2D eigenvalue weighted by atomic mass is 9.89. The molecule has 0 spiro atoms. The molecule has 3 rings (SSSR count). The molecule has 0 saturated heterocycles. The summed E-state index contributed by atoms with van der Waals surface area (Å²) in [7, 11) is 1.83. The van der Waals surface area contributed by atoms with Crippen molar-refractivity contribution in [2.75, 3.05) is 20.2 Å². The fraction of sp³-hybridized carbons (Fsp3) is 0.550. The van der Waals surface area contributed by atoms with E-state index in [9.17, 15) is 0 Å². The molecule has 4 nitrogen and oxygen atoms in total.